The molecule has 2 rings (SSSR count). The monoisotopic (exact) mass is 253 g/mol. The van der Waals surface area contributed by atoms with E-state index in [1.807, 2.05) is 26.8 Å². The Hall–Kier alpha value is -1.06. The average molecular weight is 254 g/mol. The Labute approximate surface area is 106 Å². The Kier molecular flexibility index (Phi) is 3.15. The number of benzene rings is 1. The molecule has 0 spiro atoms. The van der Waals surface area contributed by atoms with E-state index in [9.17, 15) is 9.90 Å². The predicted octanol–water partition coefficient (Wildman–Crippen LogP) is 2.83. The van der Waals surface area contributed by atoms with Crippen molar-refractivity contribution in [3.05, 3.63) is 27.8 Å². The molecule has 0 fully saturated rings. The highest BCUT2D eigenvalue weighted by molar-refractivity contribution is 6.33. The molecule has 0 saturated heterocycles. The number of rotatable bonds is 2. The van der Waals surface area contributed by atoms with Gasteiger partial charge in [0.15, 0.2) is 0 Å². The van der Waals surface area contributed by atoms with Gasteiger partial charge >= 0.3 is 0 Å². The predicted molar refractivity (Wildman–Crippen MR) is 68.3 cm³/mol. The van der Waals surface area contributed by atoms with Crippen LogP contribution in [0.15, 0.2) is 6.07 Å². The van der Waals surface area contributed by atoms with E-state index in [4.69, 9.17) is 11.6 Å². The van der Waals surface area contributed by atoms with Gasteiger partial charge in [0.2, 0.25) is 5.91 Å². The van der Waals surface area contributed by atoms with Gasteiger partial charge in [0.05, 0.1) is 17.5 Å². The van der Waals surface area contributed by atoms with E-state index >= 15 is 0 Å². The minimum absolute atomic E-state index is 0.0182. The number of carbonyl (C=O) groups excluding carboxylic acids is 1. The lowest BCUT2D eigenvalue weighted by atomic mass is 9.94. The first-order valence-electron chi connectivity index (χ1n) is 5.71. The van der Waals surface area contributed by atoms with Crippen LogP contribution in [0.4, 0.5) is 5.69 Å². The van der Waals surface area contributed by atoms with E-state index in [2.05, 4.69) is 5.32 Å². The van der Waals surface area contributed by atoms with Crippen molar-refractivity contribution >= 4 is 23.2 Å². The van der Waals surface area contributed by atoms with E-state index in [0.717, 1.165) is 22.4 Å². The van der Waals surface area contributed by atoms with Crippen molar-refractivity contribution in [1.82, 2.24) is 0 Å². The summed E-state index contributed by atoms with van der Waals surface area (Å²) in [5, 5.41) is 13.5. The zero-order valence-electron chi connectivity index (χ0n) is 10.2. The molecule has 17 heavy (non-hydrogen) atoms. The number of amides is 1. The van der Waals surface area contributed by atoms with Gasteiger partial charge < -0.3 is 10.4 Å². The Morgan fingerprint density at radius 1 is 1.47 bits per heavy atom. The molecule has 1 aromatic carbocycles. The SMILES string of the molecule is Cc1c(Cl)c(C(O)C(C)C)cc2c1NC(=O)C2. The van der Waals surface area contributed by atoms with Crippen LogP contribution >= 0.6 is 11.6 Å². The number of fused-ring (bicyclic) bond motifs is 1. The molecule has 0 saturated carbocycles. The normalized spacial score (nSPS) is 16.0. The average Bonchev–Trinajstić information content (AvgIpc) is 2.63. The van der Waals surface area contributed by atoms with Gasteiger partial charge in [-0.15, -0.1) is 0 Å². The first-order chi connectivity index (χ1) is 7.91. The second kappa shape index (κ2) is 4.31. The summed E-state index contributed by atoms with van der Waals surface area (Å²) in [6.45, 7) is 5.74. The van der Waals surface area contributed by atoms with Crippen LogP contribution in [0.1, 0.15) is 36.6 Å². The first kappa shape index (κ1) is 12.4. The van der Waals surface area contributed by atoms with Gasteiger partial charge in [-0.1, -0.05) is 25.4 Å². The fraction of sp³-hybridized carbons (Fsp3) is 0.462. The van der Waals surface area contributed by atoms with E-state index in [-0.39, 0.29) is 11.8 Å². The maximum absolute atomic E-state index is 11.4. The molecule has 2 N–H and O–H groups in total. The second-order valence-electron chi connectivity index (χ2n) is 4.85. The van der Waals surface area contributed by atoms with Crippen LogP contribution in [0.25, 0.3) is 0 Å². The van der Waals surface area contributed by atoms with Crippen molar-refractivity contribution in [3.8, 4) is 0 Å². The zero-order chi connectivity index (χ0) is 12.7. The number of aliphatic hydroxyl groups is 1. The van der Waals surface area contributed by atoms with Crippen LogP contribution in [0, 0.1) is 12.8 Å². The Balaban J connectivity index is 2.54. The highest BCUT2D eigenvalue weighted by Gasteiger charge is 2.25. The molecule has 4 heteroatoms. The van der Waals surface area contributed by atoms with Crippen molar-refractivity contribution in [3.63, 3.8) is 0 Å². The molecule has 1 atom stereocenters. The molecule has 0 aliphatic carbocycles. The highest BCUT2D eigenvalue weighted by Crippen LogP contribution is 2.38. The van der Waals surface area contributed by atoms with E-state index in [0.29, 0.717) is 11.4 Å². The number of anilines is 1. The smallest absolute Gasteiger partial charge is 0.228 e. The summed E-state index contributed by atoms with van der Waals surface area (Å²) in [6, 6.07) is 1.84. The van der Waals surface area contributed by atoms with Crippen LogP contribution in [0.5, 0.6) is 0 Å². The van der Waals surface area contributed by atoms with Crippen LogP contribution in [-0.2, 0) is 11.2 Å². The number of nitrogens with one attached hydrogen (secondary N) is 1. The van der Waals surface area contributed by atoms with Gasteiger partial charge in [0, 0.05) is 11.3 Å². The lowest BCUT2D eigenvalue weighted by molar-refractivity contribution is -0.115. The Morgan fingerprint density at radius 3 is 2.71 bits per heavy atom. The Morgan fingerprint density at radius 2 is 2.12 bits per heavy atom. The Bertz CT molecular complexity index is 483. The van der Waals surface area contributed by atoms with Crippen molar-refractivity contribution in [1.29, 1.82) is 0 Å². The molecule has 1 aliphatic heterocycles. The third-order valence-corrected chi connectivity index (χ3v) is 3.68. The molecule has 92 valence electrons. The third-order valence-electron chi connectivity index (χ3n) is 3.17. The van der Waals surface area contributed by atoms with Crippen molar-refractivity contribution < 1.29 is 9.90 Å². The van der Waals surface area contributed by atoms with Crippen molar-refractivity contribution in [2.45, 2.75) is 33.3 Å². The second-order valence-corrected chi connectivity index (χ2v) is 5.23. The van der Waals surface area contributed by atoms with Crippen molar-refractivity contribution in [2.24, 2.45) is 5.92 Å². The third kappa shape index (κ3) is 2.05. The number of aliphatic hydroxyl groups excluding tert-OH is 1. The molecular formula is C13H16ClNO2. The fourth-order valence-corrected chi connectivity index (χ4v) is 2.40. The minimum atomic E-state index is -0.595. The van der Waals surface area contributed by atoms with Crippen LogP contribution < -0.4 is 5.32 Å². The number of hydrogen-bond donors (Lipinski definition) is 2. The molecule has 1 aliphatic rings. The summed E-state index contributed by atoms with van der Waals surface area (Å²) in [6.07, 6.45) is -0.229. The number of carbonyl (C=O) groups is 1. The lowest BCUT2D eigenvalue weighted by Gasteiger charge is -2.19. The highest BCUT2D eigenvalue weighted by atomic mass is 35.5. The van der Waals surface area contributed by atoms with E-state index in [1.165, 1.54) is 0 Å². The molecule has 3 nitrogen and oxygen atoms in total. The summed E-state index contributed by atoms with van der Waals surface area (Å²) in [5.74, 6) is 0.0744. The van der Waals surface area contributed by atoms with E-state index in [1.54, 1.807) is 0 Å². The lowest BCUT2D eigenvalue weighted by Crippen LogP contribution is -2.07. The van der Waals surface area contributed by atoms with Crippen molar-refractivity contribution in [2.75, 3.05) is 5.32 Å². The van der Waals surface area contributed by atoms with Gasteiger partial charge in [-0.25, -0.2) is 0 Å². The molecule has 1 heterocycles. The molecular weight excluding hydrogens is 238 g/mol. The molecule has 1 amide bonds. The summed E-state index contributed by atoms with van der Waals surface area (Å²) in [7, 11) is 0. The van der Waals surface area contributed by atoms with E-state index < -0.39 is 6.10 Å². The first-order valence-corrected chi connectivity index (χ1v) is 6.09. The summed E-state index contributed by atoms with van der Waals surface area (Å²) in [5.41, 5.74) is 3.28. The molecule has 0 aromatic heterocycles. The standard InChI is InChI=1S/C13H16ClNO2/c1-6(2)13(17)9-4-8-5-10(16)15-12(8)7(3)11(9)14/h4,6,13,17H,5H2,1-3H3,(H,15,16). The largest absolute Gasteiger partial charge is 0.388 e. The maximum Gasteiger partial charge on any atom is 0.228 e. The summed E-state index contributed by atoms with van der Waals surface area (Å²) in [4.78, 5) is 11.4. The quantitative estimate of drug-likeness (QED) is 0.852. The van der Waals surface area contributed by atoms with Crippen LogP contribution in [0.3, 0.4) is 0 Å². The molecule has 0 radical (unpaired) electrons. The van der Waals surface area contributed by atoms with Gasteiger partial charge in [-0.05, 0) is 30.0 Å². The minimum Gasteiger partial charge on any atom is -0.388 e. The van der Waals surface area contributed by atoms with Gasteiger partial charge in [0.1, 0.15) is 0 Å². The fourth-order valence-electron chi connectivity index (χ4n) is 2.13. The summed E-state index contributed by atoms with van der Waals surface area (Å²) < 4.78 is 0. The molecule has 0 bridgehead atoms. The number of halogens is 1. The molecule has 1 unspecified atom stereocenters. The van der Waals surface area contributed by atoms with Crippen LogP contribution in [0.2, 0.25) is 5.02 Å². The van der Waals surface area contributed by atoms with Gasteiger partial charge in [0.25, 0.3) is 0 Å². The summed E-state index contributed by atoms with van der Waals surface area (Å²) >= 11 is 6.25. The number of hydrogen-bond acceptors (Lipinski definition) is 2. The zero-order valence-corrected chi connectivity index (χ0v) is 10.9. The van der Waals surface area contributed by atoms with Gasteiger partial charge in [-0.3, -0.25) is 4.79 Å². The van der Waals surface area contributed by atoms with Crippen LogP contribution in [-0.4, -0.2) is 11.0 Å². The topological polar surface area (TPSA) is 49.3 Å². The molecule has 1 aromatic rings. The maximum atomic E-state index is 11.4. The van der Waals surface area contributed by atoms with Gasteiger partial charge in [-0.2, -0.15) is 0 Å².